The number of halogens is 3. The quantitative estimate of drug-likeness (QED) is 0.514. The Bertz CT molecular complexity index is 285. The first-order chi connectivity index (χ1) is 6.76. The summed E-state index contributed by atoms with van der Waals surface area (Å²) >= 11 is 0. The summed E-state index contributed by atoms with van der Waals surface area (Å²) in [4.78, 5) is 0. The molecule has 0 rings (SSSR count). The molecule has 0 radical (unpaired) electrons. The molecule has 0 aromatic heterocycles. The summed E-state index contributed by atoms with van der Waals surface area (Å²) in [5.41, 5.74) is 0.909. The summed E-state index contributed by atoms with van der Waals surface area (Å²) in [5.74, 6) is 0.483. The van der Waals surface area contributed by atoms with Crippen molar-refractivity contribution in [3.8, 4) is 0 Å². The fourth-order valence-corrected chi connectivity index (χ4v) is 0.978. The Morgan fingerprint density at radius 3 is 2.13 bits per heavy atom. The van der Waals surface area contributed by atoms with Crippen LogP contribution in [0, 0.1) is 0 Å². The molecule has 0 spiro atoms. The molecule has 0 aliphatic heterocycles. The summed E-state index contributed by atoms with van der Waals surface area (Å²) in [6.07, 6.45) is -2.19. The SMILES string of the molecule is C=C(C)/C(=C\C=C(/C)CC(F)(F)F)OC. The van der Waals surface area contributed by atoms with Crippen LogP contribution in [-0.2, 0) is 4.74 Å². The zero-order valence-corrected chi connectivity index (χ0v) is 9.11. The van der Waals surface area contributed by atoms with Crippen molar-refractivity contribution in [2.45, 2.75) is 26.4 Å². The molecule has 0 aliphatic carbocycles. The molecule has 0 aromatic rings. The van der Waals surface area contributed by atoms with Gasteiger partial charge in [-0.05, 0) is 25.5 Å². The molecular weight excluding hydrogens is 205 g/mol. The number of ether oxygens (including phenoxy) is 1. The Labute approximate surface area is 87.9 Å². The smallest absolute Gasteiger partial charge is 0.392 e. The van der Waals surface area contributed by atoms with E-state index in [0.29, 0.717) is 11.3 Å². The molecule has 0 unspecified atom stereocenters. The Morgan fingerprint density at radius 2 is 1.80 bits per heavy atom. The Morgan fingerprint density at radius 1 is 1.27 bits per heavy atom. The van der Waals surface area contributed by atoms with Crippen molar-refractivity contribution in [3.63, 3.8) is 0 Å². The molecule has 0 saturated carbocycles. The minimum Gasteiger partial charge on any atom is -0.497 e. The topological polar surface area (TPSA) is 9.23 Å². The predicted molar refractivity (Wildman–Crippen MR) is 54.3 cm³/mol. The lowest BCUT2D eigenvalue weighted by Crippen LogP contribution is -2.07. The van der Waals surface area contributed by atoms with Crippen LogP contribution in [0.25, 0.3) is 0 Å². The molecule has 0 aliphatic rings. The fourth-order valence-electron chi connectivity index (χ4n) is 0.978. The van der Waals surface area contributed by atoms with E-state index in [1.165, 1.54) is 26.2 Å². The molecule has 86 valence electrons. The minimum absolute atomic E-state index is 0.235. The zero-order chi connectivity index (χ0) is 12.1. The van der Waals surface area contributed by atoms with Gasteiger partial charge in [0.05, 0.1) is 13.5 Å². The molecule has 0 fully saturated rings. The molecule has 0 bridgehead atoms. The van der Waals surface area contributed by atoms with Gasteiger partial charge in [0, 0.05) is 0 Å². The molecule has 0 N–H and O–H groups in total. The second-order valence-corrected chi connectivity index (χ2v) is 3.32. The molecule has 15 heavy (non-hydrogen) atoms. The number of rotatable bonds is 4. The average Bonchev–Trinajstić information content (AvgIpc) is 2.01. The first kappa shape index (κ1) is 13.8. The van der Waals surface area contributed by atoms with E-state index in [2.05, 4.69) is 6.58 Å². The average molecular weight is 220 g/mol. The van der Waals surface area contributed by atoms with Gasteiger partial charge in [0.25, 0.3) is 0 Å². The highest BCUT2D eigenvalue weighted by Gasteiger charge is 2.26. The minimum atomic E-state index is -4.16. The second kappa shape index (κ2) is 5.63. The van der Waals surface area contributed by atoms with Crippen molar-refractivity contribution in [3.05, 3.63) is 35.6 Å². The van der Waals surface area contributed by atoms with E-state index in [1.54, 1.807) is 6.92 Å². The highest BCUT2D eigenvalue weighted by atomic mass is 19.4. The third-order valence-electron chi connectivity index (χ3n) is 1.64. The van der Waals surface area contributed by atoms with Crippen molar-refractivity contribution >= 4 is 0 Å². The van der Waals surface area contributed by atoms with Crippen molar-refractivity contribution < 1.29 is 17.9 Å². The molecule has 0 saturated heterocycles. The van der Waals surface area contributed by atoms with E-state index in [1.807, 2.05) is 0 Å². The summed E-state index contributed by atoms with van der Waals surface area (Å²) < 4.78 is 40.8. The van der Waals surface area contributed by atoms with Crippen LogP contribution in [0.4, 0.5) is 13.2 Å². The maximum absolute atomic E-state index is 12.0. The normalized spacial score (nSPS) is 14.0. The van der Waals surface area contributed by atoms with Gasteiger partial charge in [0.1, 0.15) is 5.76 Å². The molecule has 0 heterocycles. The second-order valence-electron chi connectivity index (χ2n) is 3.32. The summed E-state index contributed by atoms with van der Waals surface area (Å²) in [6, 6.07) is 0. The summed E-state index contributed by atoms with van der Waals surface area (Å²) in [6.45, 7) is 6.78. The van der Waals surface area contributed by atoms with Crippen LogP contribution >= 0.6 is 0 Å². The Balaban J connectivity index is 4.56. The standard InChI is InChI=1S/C11H15F3O/c1-8(2)10(15-4)6-5-9(3)7-11(12,13)14/h5-6H,1,7H2,2-4H3/b9-5+,10-6+. The van der Waals surface area contributed by atoms with Crippen LogP contribution in [0.3, 0.4) is 0 Å². The molecule has 0 aromatic carbocycles. The Hall–Kier alpha value is -1.19. The largest absolute Gasteiger partial charge is 0.497 e. The third-order valence-corrected chi connectivity index (χ3v) is 1.64. The first-order valence-corrected chi connectivity index (χ1v) is 4.40. The summed E-state index contributed by atoms with van der Waals surface area (Å²) in [7, 11) is 1.45. The predicted octanol–water partition coefficient (Wildman–Crippen LogP) is 3.99. The van der Waals surface area contributed by atoms with Gasteiger partial charge in [0.15, 0.2) is 0 Å². The van der Waals surface area contributed by atoms with Crippen LogP contribution in [0.2, 0.25) is 0 Å². The lowest BCUT2D eigenvalue weighted by atomic mass is 10.2. The van der Waals surface area contributed by atoms with E-state index < -0.39 is 12.6 Å². The number of alkyl halides is 3. The number of methoxy groups -OCH3 is 1. The van der Waals surface area contributed by atoms with Crippen LogP contribution in [0.15, 0.2) is 35.6 Å². The van der Waals surface area contributed by atoms with E-state index >= 15 is 0 Å². The van der Waals surface area contributed by atoms with Crippen molar-refractivity contribution in [2.75, 3.05) is 7.11 Å². The lowest BCUT2D eigenvalue weighted by molar-refractivity contribution is -0.127. The third kappa shape index (κ3) is 6.82. The van der Waals surface area contributed by atoms with Gasteiger partial charge >= 0.3 is 6.18 Å². The maximum Gasteiger partial charge on any atom is 0.392 e. The van der Waals surface area contributed by atoms with Crippen molar-refractivity contribution in [2.24, 2.45) is 0 Å². The van der Waals surface area contributed by atoms with Gasteiger partial charge in [-0.2, -0.15) is 13.2 Å². The molecule has 1 nitrogen and oxygen atoms in total. The van der Waals surface area contributed by atoms with Gasteiger partial charge in [-0.1, -0.05) is 18.2 Å². The molecule has 0 amide bonds. The van der Waals surface area contributed by atoms with Crippen molar-refractivity contribution in [1.82, 2.24) is 0 Å². The van der Waals surface area contributed by atoms with E-state index in [0.717, 1.165) is 0 Å². The zero-order valence-electron chi connectivity index (χ0n) is 9.11. The van der Waals surface area contributed by atoms with Gasteiger partial charge in [-0.25, -0.2) is 0 Å². The van der Waals surface area contributed by atoms with Crippen molar-refractivity contribution in [1.29, 1.82) is 0 Å². The summed E-state index contributed by atoms with van der Waals surface area (Å²) in [5, 5.41) is 0. The van der Waals surface area contributed by atoms with Gasteiger partial charge in [0.2, 0.25) is 0 Å². The van der Waals surface area contributed by atoms with Crippen LogP contribution < -0.4 is 0 Å². The highest BCUT2D eigenvalue weighted by molar-refractivity contribution is 5.26. The number of allylic oxidation sites excluding steroid dienone is 4. The first-order valence-electron chi connectivity index (χ1n) is 4.40. The maximum atomic E-state index is 12.0. The van der Waals surface area contributed by atoms with Gasteiger partial charge in [-0.3, -0.25) is 0 Å². The Kier molecular flexibility index (Phi) is 5.19. The van der Waals surface area contributed by atoms with Crippen LogP contribution in [0.5, 0.6) is 0 Å². The van der Waals surface area contributed by atoms with Gasteiger partial charge < -0.3 is 4.74 Å². The monoisotopic (exact) mass is 220 g/mol. The van der Waals surface area contributed by atoms with Crippen LogP contribution in [-0.4, -0.2) is 13.3 Å². The lowest BCUT2D eigenvalue weighted by Gasteiger charge is -2.06. The van der Waals surface area contributed by atoms with E-state index in [4.69, 9.17) is 4.74 Å². The molecule has 0 atom stereocenters. The number of hydrogen-bond acceptors (Lipinski definition) is 1. The fraction of sp³-hybridized carbons (Fsp3) is 0.455. The number of hydrogen-bond donors (Lipinski definition) is 0. The van der Waals surface area contributed by atoms with Gasteiger partial charge in [-0.15, -0.1) is 0 Å². The highest BCUT2D eigenvalue weighted by Crippen LogP contribution is 2.24. The molecule has 4 heteroatoms. The van der Waals surface area contributed by atoms with E-state index in [9.17, 15) is 13.2 Å². The molecular formula is C11H15F3O. The van der Waals surface area contributed by atoms with Crippen LogP contribution in [0.1, 0.15) is 20.3 Å². The van der Waals surface area contributed by atoms with E-state index in [-0.39, 0.29) is 5.57 Å².